The highest BCUT2D eigenvalue weighted by Crippen LogP contribution is 2.28. The van der Waals surface area contributed by atoms with Crippen LogP contribution in [0.25, 0.3) is 11.4 Å². The standard InChI is InChI=1S/C20H21FN4O3/c21-16-4-1-3-15(11-16)19-23-20(28-24-19)14-6-8-25(9-7-14)13-18(26)22-12-17-5-2-10-27-17/h1-5,10-11,14H,6-9,12-13H2,(H,22,26). The SMILES string of the molecule is O=C(CN1CCC(c2nc(-c3cccc(F)c3)no2)CC1)NCc1ccco1. The number of hydrogen-bond donors (Lipinski definition) is 1. The summed E-state index contributed by atoms with van der Waals surface area (Å²) in [6.45, 7) is 2.30. The molecule has 146 valence electrons. The average molecular weight is 384 g/mol. The summed E-state index contributed by atoms with van der Waals surface area (Å²) in [5.74, 6) is 1.49. The lowest BCUT2D eigenvalue weighted by molar-refractivity contribution is -0.122. The van der Waals surface area contributed by atoms with E-state index in [9.17, 15) is 9.18 Å². The molecule has 3 aromatic rings. The van der Waals surface area contributed by atoms with Crippen molar-refractivity contribution in [2.75, 3.05) is 19.6 Å². The number of aromatic nitrogens is 2. The van der Waals surface area contributed by atoms with E-state index in [2.05, 4.69) is 20.4 Å². The van der Waals surface area contributed by atoms with Crippen molar-refractivity contribution in [3.63, 3.8) is 0 Å². The molecule has 0 spiro atoms. The molecule has 1 saturated heterocycles. The molecule has 1 amide bonds. The third-order valence-corrected chi connectivity index (χ3v) is 4.87. The fourth-order valence-electron chi connectivity index (χ4n) is 3.34. The van der Waals surface area contributed by atoms with Crippen molar-refractivity contribution in [2.45, 2.75) is 25.3 Å². The first-order valence-electron chi connectivity index (χ1n) is 9.28. The third-order valence-electron chi connectivity index (χ3n) is 4.87. The van der Waals surface area contributed by atoms with Crippen molar-refractivity contribution in [1.29, 1.82) is 0 Å². The zero-order valence-electron chi connectivity index (χ0n) is 15.3. The number of likely N-dealkylation sites (tertiary alicyclic amines) is 1. The molecule has 2 aromatic heterocycles. The van der Waals surface area contributed by atoms with Crippen LogP contribution in [-0.2, 0) is 11.3 Å². The highest BCUT2D eigenvalue weighted by atomic mass is 19.1. The molecular weight excluding hydrogens is 363 g/mol. The molecule has 0 radical (unpaired) electrons. The number of carbonyl (C=O) groups is 1. The molecule has 0 atom stereocenters. The second kappa shape index (κ2) is 8.35. The fourth-order valence-corrected chi connectivity index (χ4v) is 3.34. The Morgan fingerprint density at radius 1 is 1.25 bits per heavy atom. The van der Waals surface area contributed by atoms with Crippen LogP contribution in [0.3, 0.4) is 0 Å². The summed E-state index contributed by atoms with van der Waals surface area (Å²) in [6, 6.07) is 9.76. The second-order valence-electron chi connectivity index (χ2n) is 6.87. The number of nitrogens with one attached hydrogen (secondary N) is 1. The van der Waals surface area contributed by atoms with Crippen molar-refractivity contribution >= 4 is 5.91 Å². The number of halogens is 1. The van der Waals surface area contributed by atoms with Gasteiger partial charge in [-0.2, -0.15) is 4.98 Å². The maximum atomic E-state index is 13.4. The summed E-state index contributed by atoms with van der Waals surface area (Å²) < 4.78 is 24.0. The molecule has 0 saturated carbocycles. The Kier molecular flexibility index (Phi) is 5.48. The van der Waals surface area contributed by atoms with E-state index in [1.165, 1.54) is 12.1 Å². The minimum atomic E-state index is -0.331. The molecule has 1 fully saturated rings. The first kappa shape index (κ1) is 18.4. The summed E-state index contributed by atoms with van der Waals surface area (Å²) in [7, 11) is 0. The predicted octanol–water partition coefficient (Wildman–Crippen LogP) is 2.96. The topological polar surface area (TPSA) is 84.4 Å². The maximum Gasteiger partial charge on any atom is 0.234 e. The highest BCUT2D eigenvalue weighted by molar-refractivity contribution is 5.77. The van der Waals surface area contributed by atoms with Gasteiger partial charge in [-0.15, -0.1) is 0 Å². The van der Waals surface area contributed by atoms with Crippen LogP contribution in [-0.4, -0.2) is 40.6 Å². The Balaban J connectivity index is 1.27. The lowest BCUT2D eigenvalue weighted by atomic mass is 9.97. The van der Waals surface area contributed by atoms with Crippen molar-refractivity contribution in [1.82, 2.24) is 20.4 Å². The number of nitrogens with zero attached hydrogens (tertiary/aromatic N) is 3. The van der Waals surface area contributed by atoms with Crippen molar-refractivity contribution in [3.05, 3.63) is 60.1 Å². The van der Waals surface area contributed by atoms with Crippen LogP contribution in [0.5, 0.6) is 0 Å². The van der Waals surface area contributed by atoms with Gasteiger partial charge >= 0.3 is 0 Å². The molecule has 0 unspecified atom stereocenters. The van der Waals surface area contributed by atoms with Crippen LogP contribution in [0.1, 0.15) is 30.4 Å². The molecule has 28 heavy (non-hydrogen) atoms. The number of benzene rings is 1. The largest absolute Gasteiger partial charge is 0.467 e. The summed E-state index contributed by atoms with van der Waals surface area (Å²) in [5.41, 5.74) is 0.598. The highest BCUT2D eigenvalue weighted by Gasteiger charge is 2.26. The van der Waals surface area contributed by atoms with Crippen molar-refractivity contribution in [2.24, 2.45) is 0 Å². The van der Waals surface area contributed by atoms with Gasteiger partial charge in [0.05, 0.1) is 19.4 Å². The van der Waals surface area contributed by atoms with Crippen LogP contribution in [0.15, 0.2) is 51.6 Å². The Morgan fingerprint density at radius 3 is 2.86 bits per heavy atom. The normalized spacial score (nSPS) is 15.6. The predicted molar refractivity (Wildman–Crippen MR) is 98.7 cm³/mol. The van der Waals surface area contributed by atoms with Crippen LogP contribution in [0.4, 0.5) is 4.39 Å². The first-order chi connectivity index (χ1) is 13.7. The maximum absolute atomic E-state index is 13.4. The lowest BCUT2D eigenvalue weighted by Gasteiger charge is -2.29. The van der Waals surface area contributed by atoms with Crippen LogP contribution < -0.4 is 5.32 Å². The van der Waals surface area contributed by atoms with Gasteiger partial charge in [0.25, 0.3) is 0 Å². The molecule has 7 nitrogen and oxygen atoms in total. The van der Waals surface area contributed by atoms with Gasteiger partial charge in [-0.3, -0.25) is 9.69 Å². The van der Waals surface area contributed by atoms with E-state index in [1.807, 2.05) is 6.07 Å². The first-order valence-corrected chi connectivity index (χ1v) is 9.28. The molecule has 3 heterocycles. The molecule has 1 aliphatic rings. The van der Waals surface area contributed by atoms with Gasteiger partial charge in [0.15, 0.2) is 0 Å². The van der Waals surface area contributed by atoms with Crippen LogP contribution in [0, 0.1) is 5.82 Å². The van der Waals surface area contributed by atoms with E-state index in [-0.39, 0.29) is 17.6 Å². The van der Waals surface area contributed by atoms with E-state index < -0.39 is 0 Å². The molecule has 1 aliphatic heterocycles. The molecule has 1 aromatic carbocycles. The lowest BCUT2D eigenvalue weighted by Crippen LogP contribution is -2.41. The van der Waals surface area contributed by atoms with Gasteiger partial charge in [0.1, 0.15) is 11.6 Å². The number of rotatable bonds is 6. The van der Waals surface area contributed by atoms with Gasteiger partial charge in [0.2, 0.25) is 17.6 Å². The van der Waals surface area contributed by atoms with E-state index in [4.69, 9.17) is 8.94 Å². The fraction of sp³-hybridized carbons (Fsp3) is 0.350. The second-order valence-corrected chi connectivity index (χ2v) is 6.87. The molecule has 0 aliphatic carbocycles. The van der Waals surface area contributed by atoms with Gasteiger partial charge < -0.3 is 14.3 Å². The third kappa shape index (κ3) is 4.45. The van der Waals surface area contributed by atoms with E-state index in [0.29, 0.717) is 30.4 Å². The number of carbonyl (C=O) groups excluding carboxylic acids is 1. The van der Waals surface area contributed by atoms with E-state index >= 15 is 0 Å². The number of amides is 1. The molecular formula is C20H21FN4O3. The summed E-state index contributed by atoms with van der Waals surface area (Å²) in [5, 5.41) is 6.83. The Bertz CT molecular complexity index is 917. The van der Waals surface area contributed by atoms with Crippen LogP contribution >= 0.6 is 0 Å². The van der Waals surface area contributed by atoms with Crippen LogP contribution in [0.2, 0.25) is 0 Å². The quantitative estimate of drug-likeness (QED) is 0.703. The minimum absolute atomic E-state index is 0.0268. The van der Waals surface area contributed by atoms with Gasteiger partial charge in [-0.05, 0) is 50.2 Å². The average Bonchev–Trinajstić information content (AvgIpc) is 3.39. The molecule has 4 rings (SSSR count). The van der Waals surface area contributed by atoms with Crippen molar-refractivity contribution in [3.8, 4) is 11.4 Å². The Morgan fingerprint density at radius 2 is 2.11 bits per heavy atom. The Hall–Kier alpha value is -3.00. The smallest absolute Gasteiger partial charge is 0.234 e. The van der Waals surface area contributed by atoms with Gasteiger partial charge in [-0.25, -0.2) is 4.39 Å². The molecule has 0 bridgehead atoms. The van der Waals surface area contributed by atoms with E-state index in [0.717, 1.165) is 31.7 Å². The van der Waals surface area contributed by atoms with Gasteiger partial charge in [-0.1, -0.05) is 17.3 Å². The van der Waals surface area contributed by atoms with Crippen molar-refractivity contribution < 1.29 is 18.1 Å². The molecule has 8 heteroatoms. The zero-order chi connectivity index (χ0) is 19.3. The summed E-state index contributed by atoms with van der Waals surface area (Å²) in [4.78, 5) is 18.6. The summed E-state index contributed by atoms with van der Waals surface area (Å²) in [6.07, 6.45) is 3.25. The number of hydrogen-bond acceptors (Lipinski definition) is 6. The van der Waals surface area contributed by atoms with E-state index in [1.54, 1.807) is 24.5 Å². The zero-order valence-corrected chi connectivity index (χ0v) is 15.3. The monoisotopic (exact) mass is 384 g/mol. The number of furan rings is 1. The number of piperidine rings is 1. The summed E-state index contributed by atoms with van der Waals surface area (Å²) >= 11 is 0. The Labute approximate surface area is 161 Å². The minimum Gasteiger partial charge on any atom is -0.467 e. The van der Waals surface area contributed by atoms with Gasteiger partial charge in [0, 0.05) is 11.5 Å². The molecule has 1 N–H and O–H groups in total.